The summed E-state index contributed by atoms with van der Waals surface area (Å²) in [7, 11) is 0. The molecule has 2 aromatic rings. The lowest BCUT2D eigenvalue weighted by Crippen LogP contribution is -2.38. The van der Waals surface area contributed by atoms with Gasteiger partial charge in [0, 0.05) is 30.9 Å². The predicted octanol–water partition coefficient (Wildman–Crippen LogP) is 3.51. The number of halogens is 3. The van der Waals surface area contributed by atoms with Crippen LogP contribution >= 0.6 is 0 Å². The van der Waals surface area contributed by atoms with Gasteiger partial charge in [-0.1, -0.05) is 0 Å². The minimum atomic E-state index is -4.55. The summed E-state index contributed by atoms with van der Waals surface area (Å²) in [4.78, 5) is 29.6. The number of hydrogen-bond acceptors (Lipinski definition) is 4. The van der Waals surface area contributed by atoms with Crippen LogP contribution in [0.25, 0.3) is 0 Å². The van der Waals surface area contributed by atoms with Crippen LogP contribution in [-0.4, -0.2) is 43.2 Å². The number of aliphatic carboxylic acids is 1. The van der Waals surface area contributed by atoms with Gasteiger partial charge >= 0.3 is 12.1 Å². The third-order valence-corrected chi connectivity index (χ3v) is 6.50. The Balaban J connectivity index is 1.49. The highest BCUT2D eigenvalue weighted by atomic mass is 19.4. The zero-order valence-corrected chi connectivity index (χ0v) is 17.5. The average molecular weight is 450 g/mol. The van der Waals surface area contributed by atoms with Gasteiger partial charge in [0.25, 0.3) is 0 Å². The molecule has 10 heteroatoms. The van der Waals surface area contributed by atoms with E-state index in [0.29, 0.717) is 37.8 Å². The summed E-state index contributed by atoms with van der Waals surface area (Å²) in [6.07, 6.45) is 1.48. The number of alkyl halides is 3. The number of carboxylic acids is 1. The van der Waals surface area contributed by atoms with Gasteiger partial charge in [0.1, 0.15) is 0 Å². The van der Waals surface area contributed by atoms with Crippen molar-refractivity contribution < 1.29 is 27.9 Å². The third-order valence-electron chi connectivity index (χ3n) is 6.50. The normalized spacial score (nSPS) is 21.3. The lowest BCUT2D eigenvalue weighted by Gasteiger charge is -2.31. The monoisotopic (exact) mass is 450 g/mol. The molecule has 1 amide bonds. The fourth-order valence-electron chi connectivity index (χ4n) is 4.70. The average Bonchev–Trinajstić information content (AvgIpc) is 3.13. The van der Waals surface area contributed by atoms with Gasteiger partial charge in [0.05, 0.1) is 24.7 Å². The number of carboxylic acid groups (broad SMARTS) is 1. The van der Waals surface area contributed by atoms with E-state index in [1.54, 1.807) is 29.4 Å². The first-order valence-electron chi connectivity index (χ1n) is 10.8. The molecule has 0 unspecified atom stereocenters. The molecule has 7 nitrogen and oxygen atoms in total. The quantitative estimate of drug-likeness (QED) is 0.753. The smallest absolute Gasteiger partial charge is 0.435 e. The molecule has 172 valence electrons. The minimum Gasteiger partial charge on any atom is -0.481 e. The van der Waals surface area contributed by atoms with Crippen molar-refractivity contribution in [3.05, 3.63) is 47.0 Å². The Morgan fingerprint density at radius 2 is 1.81 bits per heavy atom. The summed E-state index contributed by atoms with van der Waals surface area (Å²) >= 11 is 0. The molecule has 1 aliphatic carbocycles. The third kappa shape index (κ3) is 4.78. The molecule has 0 atom stereocenters. The highest BCUT2D eigenvalue weighted by Crippen LogP contribution is 2.36. The summed E-state index contributed by atoms with van der Waals surface area (Å²) in [5, 5.41) is 13.0. The van der Waals surface area contributed by atoms with E-state index in [4.69, 9.17) is 5.11 Å². The molecule has 4 rings (SSSR count). The Morgan fingerprint density at radius 1 is 1.12 bits per heavy atom. The van der Waals surface area contributed by atoms with E-state index < -0.39 is 17.8 Å². The standard InChI is InChI=1S/C22H25F3N4O3/c23-22(24,25)20-17-7-10-28(19(30)11-14-1-3-16(4-2-14)21(31)32)13-18(17)29(27-20)12-15-5-8-26-9-6-15/h5-6,8-9,14,16H,1-4,7,10-13H2,(H,31,32). The molecule has 1 N–H and O–H groups in total. The highest BCUT2D eigenvalue weighted by Gasteiger charge is 2.41. The number of amides is 1. The van der Waals surface area contributed by atoms with Crippen LogP contribution in [0, 0.1) is 11.8 Å². The molecule has 32 heavy (non-hydrogen) atoms. The van der Waals surface area contributed by atoms with Crippen molar-refractivity contribution in [3.8, 4) is 0 Å². The van der Waals surface area contributed by atoms with Crippen molar-refractivity contribution in [3.63, 3.8) is 0 Å². The molecule has 2 aliphatic rings. The summed E-state index contributed by atoms with van der Waals surface area (Å²) in [5.41, 5.74) is 0.485. The van der Waals surface area contributed by atoms with Gasteiger partial charge in [-0.3, -0.25) is 19.3 Å². The van der Waals surface area contributed by atoms with Gasteiger partial charge in [-0.15, -0.1) is 0 Å². The molecule has 0 aromatic carbocycles. The second kappa shape index (κ2) is 8.91. The Kier molecular flexibility index (Phi) is 6.21. The van der Waals surface area contributed by atoms with Crippen molar-refractivity contribution in [2.75, 3.05) is 6.54 Å². The van der Waals surface area contributed by atoms with E-state index in [-0.39, 0.29) is 49.4 Å². The van der Waals surface area contributed by atoms with Crippen LogP contribution in [0.3, 0.4) is 0 Å². The number of rotatable bonds is 5. The number of pyridine rings is 1. The second-order valence-corrected chi connectivity index (χ2v) is 8.61. The lowest BCUT2D eigenvalue weighted by molar-refractivity contribution is -0.143. The van der Waals surface area contributed by atoms with Crippen LogP contribution in [0.5, 0.6) is 0 Å². The molecule has 0 radical (unpaired) electrons. The van der Waals surface area contributed by atoms with Gasteiger partial charge in [0.15, 0.2) is 5.69 Å². The Bertz CT molecular complexity index is 982. The largest absolute Gasteiger partial charge is 0.481 e. The number of nitrogens with zero attached hydrogens (tertiary/aromatic N) is 4. The maximum absolute atomic E-state index is 13.6. The topological polar surface area (TPSA) is 88.3 Å². The maximum atomic E-state index is 13.6. The minimum absolute atomic E-state index is 0.0901. The van der Waals surface area contributed by atoms with E-state index in [0.717, 1.165) is 5.56 Å². The number of fused-ring (bicyclic) bond motifs is 1. The zero-order chi connectivity index (χ0) is 22.9. The van der Waals surface area contributed by atoms with Crippen molar-refractivity contribution in [1.29, 1.82) is 0 Å². The summed E-state index contributed by atoms with van der Waals surface area (Å²) in [5.74, 6) is -1.12. The summed E-state index contributed by atoms with van der Waals surface area (Å²) in [6, 6.07) is 3.45. The first kappa shape index (κ1) is 22.3. The van der Waals surface area contributed by atoms with Crippen LogP contribution in [0.2, 0.25) is 0 Å². The Hall–Kier alpha value is -2.91. The molecule has 0 bridgehead atoms. The Labute approximate surface area is 183 Å². The molecule has 0 saturated heterocycles. The first-order chi connectivity index (χ1) is 15.2. The molecule has 1 fully saturated rings. The molecule has 3 heterocycles. The molecule has 2 aromatic heterocycles. The van der Waals surface area contributed by atoms with E-state index in [9.17, 15) is 22.8 Å². The Morgan fingerprint density at radius 3 is 2.44 bits per heavy atom. The second-order valence-electron chi connectivity index (χ2n) is 8.61. The number of carbonyl (C=O) groups excluding carboxylic acids is 1. The van der Waals surface area contributed by atoms with Crippen LogP contribution in [-0.2, 0) is 35.3 Å². The molecule has 1 saturated carbocycles. The first-order valence-corrected chi connectivity index (χ1v) is 10.8. The van der Waals surface area contributed by atoms with Crippen LogP contribution in [0.1, 0.15) is 54.6 Å². The number of carbonyl (C=O) groups is 2. The van der Waals surface area contributed by atoms with Crippen LogP contribution in [0.15, 0.2) is 24.5 Å². The zero-order valence-electron chi connectivity index (χ0n) is 17.5. The van der Waals surface area contributed by atoms with Crippen molar-refractivity contribution >= 4 is 11.9 Å². The molecular weight excluding hydrogens is 425 g/mol. The van der Waals surface area contributed by atoms with Gasteiger partial charge < -0.3 is 10.0 Å². The van der Waals surface area contributed by atoms with E-state index in [2.05, 4.69) is 10.1 Å². The van der Waals surface area contributed by atoms with Crippen molar-refractivity contribution in [1.82, 2.24) is 19.7 Å². The van der Waals surface area contributed by atoms with Gasteiger partial charge in [-0.25, -0.2) is 0 Å². The van der Waals surface area contributed by atoms with Crippen molar-refractivity contribution in [2.24, 2.45) is 11.8 Å². The fourth-order valence-corrected chi connectivity index (χ4v) is 4.70. The SMILES string of the molecule is O=C(O)C1CCC(CC(=O)N2CCc3c(C(F)(F)F)nn(Cc4ccncc4)c3C2)CC1. The lowest BCUT2D eigenvalue weighted by atomic mass is 9.80. The molecule has 0 spiro atoms. The van der Waals surface area contributed by atoms with Crippen LogP contribution < -0.4 is 0 Å². The van der Waals surface area contributed by atoms with Crippen LogP contribution in [0.4, 0.5) is 13.2 Å². The summed E-state index contributed by atoms with van der Waals surface area (Å²) in [6.45, 7) is 0.481. The van der Waals surface area contributed by atoms with Crippen molar-refractivity contribution in [2.45, 2.75) is 57.8 Å². The number of hydrogen-bond donors (Lipinski definition) is 1. The van der Waals surface area contributed by atoms with Gasteiger partial charge in [0.2, 0.25) is 5.91 Å². The predicted molar refractivity (Wildman–Crippen MR) is 107 cm³/mol. The van der Waals surface area contributed by atoms with E-state index in [1.807, 2.05) is 0 Å². The van der Waals surface area contributed by atoms with E-state index in [1.165, 1.54) is 4.68 Å². The molecule has 1 aliphatic heterocycles. The van der Waals surface area contributed by atoms with Gasteiger partial charge in [-0.05, 0) is 55.7 Å². The maximum Gasteiger partial charge on any atom is 0.435 e. The fraction of sp³-hybridized carbons (Fsp3) is 0.545. The highest BCUT2D eigenvalue weighted by molar-refractivity contribution is 5.77. The van der Waals surface area contributed by atoms with Gasteiger partial charge in [-0.2, -0.15) is 18.3 Å². The molecular formula is C22H25F3N4O3. The summed E-state index contributed by atoms with van der Waals surface area (Å²) < 4.78 is 42.1. The van der Waals surface area contributed by atoms with E-state index >= 15 is 0 Å². The number of aromatic nitrogens is 3.